The summed E-state index contributed by atoms with van der Waals surface area (Å²) in [6.07, 6.45) is 4.28. The van der Waals surface area contributed by atoms with Crippen molar-refractivity contribution in [2.45, 2.75) is 19.9 Å². The number of hydrogen-bond acceptors (Lipinski definition) is 4. The van der Waals surface area contributed by atoms with Gasteiger partial charge in [0.15, 0.2) is 11.3 Å². The lowest BCUT2D eigenvalue weighted by atomic mass is 10.3. The van der Waals surface area contributed by atoms with Gasteiger partial charge in [0, 0.05) is 18.4 Å². The predicted molar refractivity (Wildman–Crippen MR) is 55.8 cm³/mol. The zero-order chi connectivity index (χ0) is 11.0. The topological polar surface area (TPSA) is 68.0 Å². The van der Waals surface area contributed by atoms with Crippen LogP contribution in [0.25, 0.3) is 11.0 Å². The average Bonchev–Trinajstić information content (AvgIpc) is 2.23. The molecule has 5 nitrogen and oxygen atoms in total. The number of pyridine rings is 1. The lowest BCUT2D eigenvalue weighted by Gasteiger charge is -2.10. The molecule has 0 saturated heterocycles. The lowest BCUT2D eigenvalue weighted by Crippen LogP contribution is -2.22. The minimum Gasteiger partial charge on any atom is -0.504 e. The number of rotatable bonds is 1. The van der Waals surface area contributed by atoms with Crippen molar-refractivity contribution in [2.75, 3.05) is 0 Å². The van der Waals surface area contributed by atoms with Crippen molar-refractivity contribution in [1.29, 1.82) is 0 Å². The van der Waals surface area contributed by atoms with E-state index in [4.69, 9.17) is 0 Å². The van der Waals surface area contributed by atoms with Gasteiger partial charge in [0.25, 0.3) is 5.56 Å². The summed E-state index contributed by atoms with van der Waals surface area (Å²) >= 11 is 0. The van der Waals surface area contributed by atoms with Gasteiger partial charge in [0.2, 0.25) is 0 Å². The minimum atomic E-state index is -0.231. The average molecular weight is 205 g/mol. The van der Waals surface area contributed by atoms with Crippen molar-refractivity contribution in [2.24, 2.45) is 0 Å². The van der Waals surface area contributed by atoms with Crippen LogP contribution in [0.15, 0.2) is 23.4 Å². The summed E-state index contributed by atoms with van der Waals surface area (Å²) < 4.78 is 1.44. The summed E-state index contributed by atoms with van der Waals surface area (Å²) in [6.45, 7) is 3.73. The standard InChI is InChI=1S/C10H11N3O2/c1-6(2)13-5-7(14)8-9(10(13)15)12-4-3-11-8/h3-6,14H,1-2H3. The maximum Gasteiger partial charge on any atom is 0.279 e. The number of fused-ring (bicyclic) bond motifs is 1. The van der Waals surface area contributed by atoms with Crippen molar-refractivity contribution in [3.05, 3.63) is 28.9 Å². The highest BCUT2D eigenvalue weighted by atomic mass is 16.3. The van der Waals surface area contributed by atoms with Crippen molar-refractivity contribution < 1.29 is 5.11 Å². The molecule has 78 valence electrons. The molecule has 0 unspecified atom stereocenters. The van der Waals surface area contributed by atoms with E-state index in [2.05, 4.69) is 9.97 Å². The van der Waals surface area contributed by atoms with Crippen LogP contribution in [0.5, 0.6) is 5.75 Å². The SMILES string of the molecule is CC(C)n1cc(O)c2nccnc2c1=O. The minimum absolute atomic E-state index is 0.0187. The lowest BCUT2D eigenvalue weighted by molar-refractivity contribution is 0.463. The van der Waals surface area contributed by atoms with Crippen LogP contribution in [0.2, 0.25) is 0 Å². The molecule has 2 rings (SSSR count). The highest BCUT2D eigenvalue weighted by molar-refractivity contribution is 5.78. The number of hydrogen-bond donors (Lipinski definition) is 1. The Bertz CT molecular complexity index is 560. The van der Waals surface area contributed by atoms with Gasteiger partial charge in [-0.25, -0.2) is 9.97 Å². The van der Waals surface area contributed by atoms with Crippen LogP contribution in [-0.4, -0.2) is 19.6 Å². The van der Waals surface area contributed by atoms with E-state index in [1.165, 1.54) is 23.2 Å². The fourth-order valence-corrected chi connectivity index (χ4v) is 1.44. The predicted octanol–water partition coefficient (Wildman–Crippen LogP) is 1.08. The molecule has 0 bridgehead atoms. The molecule has 0 atom stereocenters. The second kappa shape index (κ2) is 3.34. The van der Waals surface area contributed by atoms with Gasteiger partial charge in [-0.15, -0.1) is 0 Å². The third-order valence-electron chi connectivity index (χ3n) is 2.20. The molecule has 2 heterocycles. The van der Waals surface area contributed by atoms with Crippen LogP contribution in [0.4, 0.5) is 0 Å². The molecule has 0 aliphatic rings. The van der Waals surface area contributed by atoms with Gasteiger partial charge < -0.3 is 9.67 Å². The summed E-state index contributed by atoms with van der Waals surface area (Å²) in [5.74, 6) is -0.0219. The van der Waals surface area contributed by atoms with Gasteiger partial charge in [-0.3, -0.25) is 4.79 Å². The Balaban J connectivity index is 2.91. The molecular weight excluding hydrogens is 194 g/mol. The molecule has 2 aromatic heterocycles. The Kier molecular flexibility index (Phi) is 2.15. The molecule has 0 aliphatic carbocycles. The Morgan fingerprint density at radius 1 is 1.27 bits per heavy atom. The van der Waals surface area contributed by atoms with E-state index in [1.807, 2.05) is 13.8 Å². The second-order valence-electron chi connectivity index (χ2n) is 3.57. The van der Waals surface area contributed by atoms with Gasteiger partial charge in [0.05, 0.1) is 6.20 Å². The summed E-state index contributed by atoms with van der Waals surface area (Å²) in [5.41, 5.74) is 0.219. The smallest absolute Gasteiger partial charge is 0.279 e. The quantitative estimate of drug-likeness (QED) is 0.756. The molecule has 0 spiro atoms. The summed E-state index contributed by atoms with van der Waals surface area (Å²) in [4.78, 5) is 19.7. The number of aromatic hydroxyl groups is 1. The molecule has 1 N–H and O–H groups in total. The molecule has 0 amide bonds. The molecule has 0 aliphatic heterocycles. The molecule has 0 radical (unpaired) electrons. The molecule has 0 aromatic carbocycles. The van der Waals surface area contributed by atoms with Crippen LogP contribution in [0.1, 0.15) is 19.9 Å². The van der Waals surface area contributed by atoms with Gasteiger partial charge in [-0.1, -0.05) is 0 Å². The molecule has 0 fully saturated rings. The Morgan fingerprint density at radius 2 is 1.87 bits per heavy atom. The van der Waals surface area contributed by atoms with E-state index in [1.54, 1.807) is 0 Å². The van der Waals surface area contributed by atoms with Gasteiger partial charge in [-0.2, -0.15) is 0 Å². The Labute approximate surface area is 86.0 Å². The largest absolute Gasteiger partial charge is 0.504 e. The fourth-order valence-electron chi connectivity index (χ4n) is 1.44. The van der Waals surface area contributed by atoms with E-state index in [-0.39, 0.29) is 28.4 Å². The maximum absolute atomic E-state index is 11.9. The number of nitrogens with zero attached hydrogens (tertiary/aromatic N) is 3. The molecule has 15 heavy (non-hydrogen) atoms. The highest BCUT2D eigenvalue weighted by Crippen LogP contribution is 2.18. The Morgan fingerprint density at radius 3 is 2.47 bits per heavy atom. The summed E-state index contributed by atoms with van der Waals surface area (Å²) in [6, 6.07) is -0.0187. The van der Waals surface area contributed by atoms with Crippen LogP contribution >= 0.6 is 0 Å². The van der Waals surface area contributed by atoms with E-state index in [9.17, 15) is 9.90 Å². The molecule has 2 aromatic rings. The van der Waals surface area contributed by atoms with Crippen molar-refractivity contribution in [1.82, 2.24) is 14.5 Å². The van der Waals surface area contributed by atoms with Gasteiger partial charge >= 0.3 is 0 Å². The summed E-state index contributed by atoms with van der Waals surface area (Å²) in [7, 11) is 0. The first kappa shape index (κ1) is 9.64. The summed E-state index contributed by atoms with van der Waals surface area (Å²) in [5, 5.41) is 9.66. The number of aromatic nitrogens is 3. The zero-order valence-electron chi connectivity index (χ0n) is 8.51. The normalized spacial score (nSPS) is 11.1. The Hall–Kier alpha value is -1.91. The van der Waals surface area contributed by atoms with Crippen LogP contribution in [-0.2, 0) is 0 Å². The van der Waals surface area contributed by atoms with Crippen molar-refractivity contribution in [3.8, 4) is 5.75 Å². The van der Waals surface area contributed by atoms with E-state index < -0.39 is 0 Å². The van der Waals surface area contributed by atoms with Gasteiger partial charge in [0.1, 0.15) is 5.52 Å². The van der Waals surface area contributed by atoms with Crippen molar-refractivity contribution in [3.63, 3.8) is 0 Å². The molecule has 0 saturated carbocycles. The molecule has 5 heteroatoms. The first-order valence-electron chi connectivity index (χ1n) is 4.66. The first-order chi connectivity index (χ1) is 7.11. The van der Waals surface area contributed by atoms with Crippen LogP contribution in [0, 0.1) is 0 Å². The van der Waals surface area contributed by atoms with Gasteiger partial charge in [-0.05, 0) is 13.8 Å². The van der Waals surface area contributed by atoms with E-state index in [0.29, 0.717) is 0 Å². The zero-order valence-corrected chi connectivity index (χ0v) is 8.51. The van der Waals surface area contributed by atoms with Crippen LogP contribution < -0.4 is 5.56 Å². The third kappa shape index (κ3) is 1.45. The first-order valence-corrected chi connectivity index (χ1v) is 4.66. The fraction of sp³-hybridized carbons (Fsp3) is 0.300. The maximum atomic E-state index is 11.9. The second-order valence-corrected chi connectivity index (χ2v) is 3.57. The van der Waals surface area contributed by atoms with Crippen LogP contribution in [0.3, 0.4) is 0 Å². The highest BCUT2D eigenvalue weighted by Gasteiger charge is 2.11. The monoisotopic (exact) mass is 205 g/mol. The van der Waals surface area contributed by atoms with Crippen molar-refractivity contribution >= 4 is 11.0 Å². The van der Waals surface area contributed by atoms with E-state index in [0.717, 1.165) is 0 Å². The third-order valence-corrected chi connectivity index (χ3v) is 2.20. The molecular formula is C10H11N3O2. The van der Waals surface area contributed by atoms with E-state index >= 15 is 0 Å².